The number of benzene rings is 2. The summed E-state index contributed by atoms with van der Waals surface area (Å²) in [5.41, 5.74) is 1.90. The van der Waals surface area contributed by atoms with Crippen molar-refractivity contribution in [2.45, 2.75) is 52.2 Å². The Labute approximate surface area is 225 Å². The van der Waals surface area contributed by atoms with Crippen LogP contribution < -0.4 is 9.47 Å². The minimum Gasteiger partial charge on any atom is -0.490 e. The summed E-state index contributed by atoms with van der Waals surface area (Å²) in [4.78, 5) is 33.5. The van der Waals surface area contributed by atoms with E-state index in [-0.39, 0.29) is 30.7 Å². The highest BCUT2D eigenvalue weighted by Gasteiger charge is 2.23. The molecule has 0 saturated heterocycles. The predicted molar refractivity (Wildman–Crippen MR) is 143 cm³/mol. The van der Waals surface area contributed by atoms with Gasteiger partial charge in [-0.3, -0.25) is 14.4 Å². The van der Waals surface area contributed by atoms with Gasteiger partial charge in [-0.05, 0) is 35.4 Å². The number of alkyl halides is 1. The zero-order valence-corrected chi connectivity index (χ0v) is 23.4. The summed E-state index contributed by atoms with van der Waals surface area (Å²) in [5, 5.41) is 0. The molecule has 0 aliphatic carbocycles. The van der Waals surface area contributed by atoms with Crippen molar-refractivity contribution in [2.75, 3.05) is 24.2 Å². The van der Waals surface area contributed by atoms with Gasteiger partial charge < -0.3 is 23.7 Å². The van der Waals surface area contributed by atoms with Gasteiger partial charge in [-0.1, -0.05) is 60.7 Å². The predicted octanol–water partition coefficient (Wildman–Crippen LogP) is 4.63. The Morgan fingerprint density at radius 3 is 1.50 bits per heavy atom. The van der Waals surface area contributed by atoms with Gasteiger partial charge >= 0.3 is 17.9 Å². The standard InChI is InChI=1S/C27H33IO8/c1-18(29)32-16-26(36-20(3)31)17-34-24-12-8-22(9-13-24)27(4,5)21-6-10-23(11-7-21)33-15-25(14-28)35-19(2)30/h6-13,25-26H,14-17H2,1-5H3/t25-,26+/m1/s1. The van der Waals surface area contributed by atoms with Crippen molar-refractivity contribution in [2.24, 2.45) is 0 Å². The molecule has 8 nitrogen and oxygen atoms in total. The molecule has 0 heterocycles. The fourth-order valence-electron chi connectivity index (χ4n) is 3.39. The monoisotopic (exact) mass is 612 g/mol. The molecule has 2 aromatic rings. The lowest BCUT2D eigenvalue weighted by Crippen LogP contribution is -2.29. The van der Waals surface area contributed by atoms with Crippen LogP contribution in [0.2, 0.25) is 0 Å². The minimum atomic E-state index is -0.690. The number of esters is 3. The van der Waals surface area contributed by atoms with Crippen LogP contribution >= 0.6 is 22.6 Å². The molecule has 0 N–H and O–H groups in total. The van der Waals surface area contributed by atoms with Crippen molar-refractivity contribution in [3.05, 3.63) is 59.7 Å². The molecule has 36 heavy (non-hydrogen) atoms. The molecule has 2 aromatic carbocycles. The molecule has 0 saturated carbocycles. The molecule has 2 rings (SSSR count). The van der Waals surface area contributed by atoms with Crippen LogP contribution in [0.5, 0.6) is 11.5 Å². The number of hydrogen-bond acceptors (Lipinski definition) is 8. The maximum Gasteiger partial charge on any atom is 0.303 e. The summed E-state index contributed by atoms with van der Waals surface area (Å²) in [7, 11) is 0. The van der Waals surface area contributed by atoms with Gasteiger partial charge in [-0.2, -0.15) is 0 Å². The topological polar surface area (TPSA) is 97.4 Å². The van der Waals surface area contributed by atoms with Gasteiger partial charge in [-0.15, -0.1) is 0 Å². The van der Waals surface area contributed by atoms with E-state index in [0.717, 1.165) is 11.1 Å². The summed E-state index contributed by atoms with van der Waals surface area (Å²) in [6, 6.07) is 15.5. The van der Waals surface area contributed by atoms with Gasteiger partial charge in [0.05, 0.1) is 0 Å². The van der Waals surface area contributed by atoms with Crippen molar-refractivity contribution in [3.63, 3.8) is 0 Å². The lowest BCUT2D eigenvalue weighted by molar-refractivity contribution is -0.158. The Kier molecular flexibility index (Phi) is 11.5. The largest absolute Gasteiger partial charge is 0.490 e. The van der Waals surface area contributed by atoms with Crippen molar-refractivity contribution in [1.82, 2.24) is 0 Å². The van der Waals surface area contributed by atoms with Crippen molar-refractivity contribution >= 4 is 40.5 Å². The van der Waals surface area contributed by atoms with E-state index in [4.69, 9.17) is 23.7 Å². The Balaban J connectivity index is 1.99. The molecule has 0 bridgehead atoms. The number of ether oxygens (including phenoxy) is 5. The van der Waals surface area contributed by atoms with Gasteiger partial charge in [0.2, 0.25) is 0 Å². The molecule has 0 amide bonds. The van der Waals surface area contributed by atoms with Crippen LogP contribution in [0.3, 0.4) is 0 Å². The van der Waals surface area contributed by atoms with Crippen LogP contribution in [0, 0.1) is 0 Å². The van der Waals surface area contributed by atoms with Gasteiger partial charge in [0.15, 0.2) is 6.10 Å². The first kappa shape index (κ1) is 29.4. The molecule has 0 aliphatic rings. The van der Waals surface area contributed by atoms with Crippen molar-refractivity contribution in [3.8, 4) is 11.5 Å². The van der Waals surface area contributed by atoms with Gasteiger partial charge in [0.1, 0.15) is 37.4 Å². The van der Waals surface area contributed by atoms with Crippen LogP contribution in [-0.2, 0) is 34.0 Å². The summed E-state index contributed by atoms with van der Waals surface area (Å²) < 4.78 is 27.5. The van der Waals surface area contributed by atoms with Crippen LogP contribution in [-0.4, -0.2) is 54.4 Å². The van der Waals surface area contributed by atoms with Gasteiger partial charge in [0, 0.05) is 30.6 Å². The minimum absolute atomic E-state index is 0.0624. The molecule has 0 fully saturated rings. The third-order valence-corrected chi connectivity index (χ3v) is 6.32. The van der Waals surface area contributed by atoms with Gasteiger partial charge in [0.25, 0.3) is 0 Å². The smallest absolute Gasteiger partial charge is 0.303 e. The maximum atomic E-state index is 11.3. The molecule has 0 aromatic heterocycles. The van der Waals surface area contributed by atoms with Crippen molar-refractivity contribution in [1.29, 1.82) is 0 Å². The van der Waals surface area contributed by atoms with E-state index < -0.39 is 18.0 Å². The Morgan fingerprint density at radius 2 is 1.11 bits per heavy atom. The summed E-state index contributed by atoms with van der Waals surface area (Å²) in [6.07, 6.45) is -0.977. The molecule has 0 unspecified atom stereocenters. The van der Waals surface area contributed by atoms with E-state index in [1.165, 1.54) is 20.8 Å². The van der Waals surface area contributed by atoms with Crippen LogP contribution in [0.25, 0.3) is 0 Å². The average Bonchev–Trinajstić information content (AvgIpc) is 2.83. The second kappa shape index (κ2) is 14.1. The van der Waals surface area contributed by atoms with Crippen LogP contribution in [0.4, 0.5) is 0 Å². The third-order valence-electron chi connectivity index (χ3n) is 5.33. The van der Waals surface area contributed by atoms with E-state index in [1.807, 2.05) is 48.5 Å². The fourth-order valence-corrected chi connectivity index (χ4v) is 3.82. The number of carbonyl (C=O) groups is 3. The van der Waals surface area contributed by atoms with E-state index >= 15 is 0 Å². The zero-order valence-electron chi connectivity index (χ0n) is 21.2. The van der Waals surface area contributed by atoms with E-state index in [0.29, 0.717) is 22.5 Å². The average molecular weight is 612 g/mol. The Morgan fingerprint density at radius 1 is 0.694 bits per heavy atom. The highest BCUT2D eigenvalue weighted by atomic mass is 127. The number of rotatable bonds is 13. The maximum absolute atomic E-state index is 11.3. The first-order valence-corrected chi connectivity index (χ1v) is 13.0. The highest BCUT2D eigenvalue weighted by Crippen LogP contribution is 2.33. The molecular weight excluding hydrogens is 579 g/mol. The number of halogens is 1. The summed E-state index contributed by atoms with van der Waals surface area (Å²) in [5.74, 6) is 0.0656. The molecule has 196 valence electrons. The highest BCUT2D eigenvalue weighted by molar-refractivity contribution is 14.1. The van der Waals surface area contributed by atoms with Gasteiger partial charge in [-0.25, -0.2) is 0 Å². The van der Waals surface area contributed by atoms with E-state index in [1.54, 1.807) is 0 Å². The quantitative estimate of drug-likeness (QED) is 0.140. The lowest BCUT2D eigenvalue weighted by atomic mass is 9.78. The number of hydrogen-bond donors (Lipinski definition) is 0. The Hall–Kier alpha value is -2.82. The fraction of sp³-hybridized carbons (Fsp3) is 0.444. The number of carbonyl (C=O) groups excluding carboxylic acids is 3. The Bertz CT molecular complexity index is 1000. The van der Waals surface area contributed by atoms with Crippen LogP contribution in [0.15, 0.2) is 48.5 Å². The molecule has 2 atom stereocenters. The molecule has 0 radical (unpaired) electrons. The SMILES string of the molecule is CC(=O)OC[C@@H](COc1ccc(C(C)(C)c2ccc(OC[C@@H](CI)OC(C)=O)cc2)cc1)OC(C)=O. The summed E-state index contributed by atoms with van der Waals surface area (Å²) >= 11 is 2.16. The molecule has 0 aliphatic heterocycles. The second-order valence-electron chi connectivity index (χ2n) is 8.72. The van der Waals surface area contributed by atoms with E-state index in [2.05, 4.69) is 36.4 Å². The molecule has 9 heteroatoms. The second-order valence-corrected chi connectivity index (χ2v) is 9.60. The normalized spacial score (nSPS) is 12.7. The van der Waals surface area contributed by atoms with E-state index in [9.17, 15) is 14.4 Å². The third kappa shape index (κ3) is 9.67. The lowest BCUT2D eigenvalue weighted by Gasteiger charge is -2.27. The summed E-state index contributed by atoms with van der Waals surface area (Å²) in [6.45, 7) is 8.52. The first-order valence-electron chi connectivity index (χ1n) is 11.5. The van der Waals surface area contributed by atoms with Crippen LogP contribution in [0.1, 0.15) is 45.7 Å². The van der Waals surface area contributed by atoms with Crippen molar-refractivity contribution < 1.29 is 38.1 Å². The first-order chi connectivity index (χ1) is 17.0. The molecular formula is C27H33IO8. The zero-order chi connectivity index (χ0) is 26.7. The molecule has 0 spiro atoms.